The van der Waals surface area contributed by atoms with Crippen molar-refractivity contribution in [3.63, 3.8) is 0 Å². The number of carboxylic acids is 1. The standard InChI is InChI=1S/C12H24N2O2/c13-9-5-4-8-11(12(15)16)14-10-6-2-1-3-7-10/h10-11,14H,1-9,13H2,(H,15,16)/t11-/m0/s1. The number of carboxylic acid groups (broad SMARTS) is 1. The van der Waals surface area contributed by atoms with Gasteiger partial charge in [-0.15, -0.1) is 0 Å². The molecule has 1 rings (SSSR count). The number of aliphatic carboxylic acids is 1. The van der Waals surface area contributed by atoms with E-state index in [-0.39, 0.29) is 6.04 Å². The fraction of sp³-hybridized carbons (Fsp3) is 0.917. The highest BCUT2D eigenvalue weighted by Crippen LogP contribution is 2.18. The summed E-state index contributed by atoms with van der Waals surface area (Å²) in [4.78, 5) is 11.1. The molecule has 1 aliphatic carbocycles. The lowest BCUT2D eigenvalue weighted by Crippen LogP contribution is -2.44. The topological polar surface area (TPSA) is 75.3 Å². The molecule has 0 spiro atoms. The van der Waals surface area contributed by atoms with Gasteiger partial charge in [0, 0.05) is 6.04 Å². The molecule has 1 fully saturated rings. The monoisotopic (exact) mass is 228 g/mol. The smallest absolute Gasteiger partial charge is 0.320 e. The Morgan fingerprint density at radius 3 is 2.56 bits per heavy atom. The molecule has 16 heavy (non-hydrogen) atoms. The maximum Gasteiger partial charge on any atom is 0.320 e. The van der Waals surface area contributed by atoms with Gasteiger partial charge in [0.25, 0.3) is 0 Å². The Hall–Kier alpha value is -0.610. The number of unbranched alkanes of at least 4 members (excludes halogenated alkanes) is 1. The summed E-state index contributed by atoms with van der Waals surface area (Å²) >= 11 is 0. The Morgan fingerprint density at radius 1 is 1.31 bits per heavy atom. The van der Waals surface area contributed by atoms with Crippen molar-refractivity contribution in [1.82, 2.24) is 5.32 Å². The van der Waals surface area contributed by atoms with Crippen molar-refractivity contribution < 1.29 is 9.90 Å². The van der Waals surface area contributed by atoms with Crippen LogP contribution in [0.15, 0.2) is 0 Å². The van der Waals surface area contributed by atoms with E-state index in [0.29, 0.717) is 19.0 Å². The molecule has 4 nitrogen and oxygen atoms in total. The summed E-state index contributed by atoms with van der Waals surface area (Å²) in [5.41, 5.74) is 5.41. The molecule has 0 saturated heterocycles. The van der Waals surface area contributed by atoms with Crippen molar-refractivity contribution in [3.05, 3.63) is 0 Å². The zero-order chi connectivity index (χ0) is 11.8. The summed E-state index contributed by atoms with van der Waals surface area (Å²) in [5, 5.41) is 12.4. The van der Waals surface area contributed by atoms with Crippen LogP contribution in [-0.2, 0) is 4.79 Å². The zero-order valence-corrected chi connectivity index (χ0v) is 9.95. The van der Waals surface area contributed by atoms with Crippen molar-refractivity contribution in [2.45, 2.75) is 63.5 Å². The quantitative estimate of drug-likeness (QED) is 0.577. The first-order chi connectivity index (χ1) is 7.74. The van der Waals surface area contributed by atoms with Crippen molar-refractivity contribution in [1.29, 1.82) is 0 Å². The largest absolute Gasteiger partial charge is 0.480 e. The van der Waals surface area contributed by atoms with E-state index in [4.69, 9.17) is 10.8 Å². The summed E-state index contributed by atoms with van der Waals surface area (Å²) in [6, 6.07) is 0.0300. The molecule has 0 aromatic heterocycles. The minimum absolute atomic E-state index is 0.380. The van der Waals surface area contributed by atoms with Crippen molar-refractivity contribution in [3.8, 4) is 0 Å². The maximum atomic E-state index is 11.1. The van der Waals surface area contributed by atoms with Gasteiger partial charge in [-0.3, -0.25) is 4.79 Å². The van der Waals surface area contributed by atoms with Crippen LogP contribution in [-0.4, -0.2) is 29.7 Å². The third-order valence-corrected chi connectivity index (χ3v) is 3.29. The first kappa shape index (κ1) is 13.5. The third-order valence-electron chi connectivity index (χ3n) is 3.29. The Balaban J connectivity index is 2.28. The van der Waals surface area contributed by atoms with Crippen LogP contribution in [0.1, 0.15) is 51.4 Å². The van der Waals surface area contributed by atoms with Gasteiger partial charge in [0.05, 0.1) is 0 Å². The molecule has 1 atom stereocenters. The first-order valence-corrected chi connectivity index (χ1v) is 6.43. The second-order valence-electron chi connectivity index (χ2n) is 4.68. The van der Waals surface area contributed by atoms with Gasteiger partial charge in [0.1, 0.15) is 6.04 Å². The van der Waals surface area contributed by atoms with Crippen LogP contribution in [0.5, 0.6) is 0 Å². The van der Waals surface area contributed by atoms with E-state index in [1.54, 1.807) is 0 Å². The SMILES string of the molecule is NCCCC[C@H](NC1CCCCC1)C(=O)O. The molecule has 4 N–H and O–H groups in total. The lowest BCUT2D eigenvalue weighted by atomic mass is 9.94. The van der Waals surface area contributed by atoms with Gasteiger partial charge < -0.3 is 16.2 Å². The van der Waals surface area contributed by atoms with E-state index in [2.05, 4.69) is 5.32 Å². The Labute approximate surface area is 97.6 Å². The minimum atomic E-state index is -0.720. The predicted molar refractivity (Wildman–Crippen MR) is 64.3 cm³/mol. The van der Waals surface area contributed by atoms with Crippen molar-refractivity contribution >= 4 is 5.97 Å². The molecule has 0 aromatic carbocycles. The van der Waals surface area contributed by atoms with Crippen LogP contribution in [0.3, 0.4) is 0 Å². The highest BCUT2D eigenvalue weighted by molar-refractivity contribution is 5.73. The Bertz CT molecular complexity index is 203. The molecule has 94 valence electrons. The number of hydrogen-bond acceptors (Lipinski definition) is 3. The highest BCUT2D eigenvalue weighted by atomic mass is 16.4. The number of nitrogens with one attached hydrogen (secondary N) is 1. The van der Waals surface area contributed by atoms with Crippen LogP contribution in [0, 0.1) is 0 Å². The van der Waals surface area contributed by atoms with Crippen LogP contribution in [0.4, 0.5) is 0 Å². The molecule has 0 unspecified atom stereocenters. The van der Waals surface area contributed by atoms with E-state index in [9.17, 15) is 4.79 Å². The molecule has 1 aliphatic rings. The van der Waals surface area contributed by atoms with E-state index >= 15 is 0 Å². The summed E-state index contributed by atoms with van der Waals surface area (Å²) in [7, 11) is 0. The highest BCUT2D eigenvalue weighted by Gasteiger charge is 2.22. The van der Waals surface area contributed by atoms with Gasteiger partial charge in [0.15, 0.2) is 0 Å². The van der Waals surface area contributed by atoms with Gasteiger partial charge >= 0.3 is 5.97 Å². The molecule has 1 saturated carbocycles. The van der Waals surface area contributed by atoms with Crippen molar-refractivity contribution in [2.24, 2.45) is 5.73 Å². The van der Waals surface area contributed by atoms with E-state index in [1.807, 2.05) is 0 Å². The lowest BCUT2D eigenvalue weighted by molar-refractivity contribution is -0.140. The van der Waals surface area contributed by atoms with Crippen LogP contribution >= 0.6 is 0 Å². The zero-order valence-electron chi connectivity index (χ0n) is 9.95. The molecule has 0 aromatic rings. The Morgan fingerprint density at radius 2 is 2.00 bits per heavy atom. The predicted octanol–water partition coefficient (Wildman–Crippen LogP) is 1.49. The molecule has 0 aliphatic heterocycles. The van der Waals surface area contributed by atoms with Crippen LogP contribution in [0.2, 0.25) is 0 Å². The number of rotatable bonds is 7. The summed E-state index contributed by atoms with van der Waals surface area (Å²) < 4.78 is 0. The molecule has 0 heterocycles. The first-order valence-electron chi connectivity index (χ1n) is 6.43. The van der Waals surface area contributed by atoms with Gasteiger partial charge in [-0.2, -0.15) is 0 Å². The fourth-order valence-electron chi connectivity index (χ4n) is 2.32. The average molecular weight is 228 g/mol. The van der Waals surface area contributed by atoms with E-state index < -0.39 is 5.97 Å². The molecule has 0 amide bonds. The number of carbonyl (C=O) groups is 1. The summed E-state index contributed by atoms with van der Waals surface area (Å²) in [5.74, 6) is -0.720. The fourth-order valence-corrected chi connectivity index (χ4v) is 2.32. The maximum absolute atomic E-state index is 11.1. The molecule has 4 heteroatoms. The van der Waals surface area contributed by atoms with Crippen LogP contribution in [0.25, 0.3) is 0 Å². The minimum Gasteiger partial charge on any atom is -0.480 e. The lowest BCUT2D eigenvalue weighted by Gasteiger charge is -2.26. The number of hydrogen-bond donors (Lipinski definition) is 3. The van der Waals surface area contributed by atoms with E-state index in [1.165, 1.54) is 19.3 Å². The molecular formula is C12H24N2O2. The summed E-state index contributed by atoms with van der Waals surface area (Å²) in [6.07, 6.45) is 8.51. The molecule has 0 radical (unpaired) electrons. The average Bonchev–Trinajstić information content (AvgIpc) is 2.29. The third kappa shape index (κ3) is 4.94. The second-order valence-corrected chi connectivity index (χ2v) is 4.68. The van der Waals surface area contributed by atoms with Crippen molar-refractivity contribution in [2.75, 3.05) is 6.54 Å². The normalized spacial score (nSPS) is 19.6. The number of nitrogens with two attached hydrogens (primary N) is 1. The van der Waals surface area contributed by atoms with Gasteiger partial charge in [-0.25, -0.2) is 0 Å². The van der Waals surface area contributed by atoms with E-state index in [0.717, 1.165) is 25.7 Å². The van der Waals surface area contributed by atoms with Gasteiger partial charge in [-0.05, 0) is 32.2 Å². The molecule has 0 bridgehead atoms. The summed E-state index contributed by atoms with van der Waals surface area (Å²) in [6.45, 7) is 0.649. The van der Waals surface area contributed by atoms with Gasteiger partial charge in [-0.1, -0.05) is 25.7 Å². The van der Waals surface area contributed by atoms with Gasteiger partial charge in [0.2, 0.25) is 0 Å². The van der Waals surface area contributed by atoms with Crippen LogP contribution < -0.4 is 11.1 Å². The Kier molecular flexibility index (Phi) is 6.42. The molecular weight excluding hydrogens is 204 g/mol. The second kappa shape index (κ2) is 7.63.